The van der Waals surface area contributed by atoms with Crippen LogP contribution in [0.25, 0.3) is 22.4 Å². The van der Waals surface area contributed by atoms with Gasteiger partial charge in [0.25, 0.3) is 0 Å². The van der Waals surface area contributed by atoms with Gasteiger partial charge in [-0.2, -0.15) is 10.2 Å². The summed E-state index contributed by atoms with van der Waals surface area (Å²) < 4.78 is 0. The Bertz CT molecular complexity index is 1480. The molecule has 4 heterocycles. The summed E-state index contributed by atoms with van der Waals surface area (Å²) in [4.78, 5) is 20.8. The summed E-state index contributed by atoms with van der Waals surface area (Å²) in [6.45, 7) is 5.60. The highest BCUT2D eigenvalue weighted by molar-refractivity contribution is 5.67. The Labute approximate surface area is 223 Å². The normalized spacial score (nSPS) is 15.7. The summed E-state index contributed by atoms with van der Waals surface area (Å²) in [5, 5.41) is 9.03. The van der Waals surface area contributed by atoms with Gasteiger partial charge in [0.1, 0.15) is 11.6 Å². The molecule has 8 heteroatoms. The van der Waals surface area contributed by atoms with Crippen LogP contribution in [0.4, 0.5) is 17.6 Å². The fourth-order valence-electron chi connectivity index (χ4n) is 5.19. The summed E-state index contributed by atoms with van der Waals surface area (Å²) in [6.07, 6.45) is 2.87. The quantitative estimate of drug-likeness (QED) is 0.448. The molecule has 2 aromatic carbocycles. The first-order chi connectivity index (χ1) is 18.6. The van der Waals surface area contributed by atoms with Crippen molar-refractivity contribution >= 4 is 17.6 Å². The van der Waals surface area contributed by atoms with Crippen LogP contribution in [0.15, 0.2) is 66.9 Å². The van der Waals surface area contributed by atoms with Crippen LogP contribution in [0, 0.1) is 11.3 Å². The third kappa shape index (κ3) is 4.89. The first-order valence-electron chi connectivity index (χ1n) is 13.0. The second kappa shape index (κ2) is 10.1. The Morgan fingerprint density at radius 1 is 0.763 bits per heavy atom. The van der Waals surface area contributed by atoms with E-state index in [0.717, 1.165) is 79.7 Å². The Balaban J connectivity index is 1.21. The van der Waals surface area contributed by atoms with E-state index in [2.05, 4.69) is 74.2 Å². The molecule has 0 atom stereocenters. The Hall–Kier alpha value is -4.48. The van der Waals surface area contributed by atoms with Gasteiger partial charge in [-0.25, -0.2) is 9.97 Å². The van der Waals surface area contributed by atoms with Crippen molar-refractivity contribution in [1.29, 1.82) is 5.26 Å². The van der Waals surface area contributed by atoms with Gasteiger partial charge < -0.3 is 20.4 Å². The lowest BCUT2D eigenvalue weighted by Gasteiger charge is -2.33. The topological polar surface area (TPSA) is 98.2 Å². The van der Waals surface area contributed by atoms with Crippen molar-refractivity contribution in [2.75, 3.05) is 55.3 Å². The number of nitrogens with zero attached hydrogens (tertiary/aromatic N) is 7. The van der Waals surface area contributed by atoms with Crippen LogP contribution in [0.3, 0.4) is 0 Å². The maximum atomic E-state index is 9.03. The van der Waals surface area contributed by atoms with Gasteiger partial charge in [-0.3, -0.25) is 0 Å². The molecule has 38 heavy (non-hydrogen) atoms. The standard InChI is InChI=1S/C30H30N8/c1-36-12-14-37(15-13-36)29-17-27(34-30(32)35-29)24-7-6-23-10-11-38(20-26(23)16-24)28-9-8-25(19-33-28)22-4-2-21(18-31)3-5-22/h2-9,16-17,19H,10-15,20H2,1H3,(H2,32,34,35). The van der Waals surface area contributed by atoms with Crippen molar-refractivity contribution in [3.05, 3.63) is 83.6 Å². The smallest absolute Gasteiger partial charge is 0.222 e. The molecule has 190 valence electrons. The molecule has 6 rings (SSSR count). The molecule has 2 N–H and O–H groups in total. The molecule has 2 aromatic heterocycles. The molecule has 8 nitrogen and oxygen atoms in total. The number of benzene rings is 2. The van der Waals surface area contributed by atoms with Crippen LogP contribution < -0.4 is 15.5 Å². The van der Waals surface area contributed by atoms with E-state index in [1.807, 2.05) is 30.5 Å². The van der Waals surface area contributed by atoms with Crippen LogP contribution >= 0.6 is 0 Å². The molecule has 2 aliphatic heterocycles. The first kappa shape index (κ1) is 23.9. The highest BCUT2D eigenvalue weighted by Crippen LogP contribution is 2.30. The molecule has 0 radical (unpaired) electrons. The van der Waals surface area contributed by atoms with Gasteiger partial charge in [-0.05, 0) is 60.5 Å². The van der Waals surface area contributed by atoms with Crippen molar-refractivity contribution in [3.63, 3.8) is 0 Å². The zero-order chi connectivity index (χ0) is 26.1. The molecule has 1 fully saturated rings. The number of nitriles is 1. The number of fused-ring (bicyclic) bond motifs is 1. The number of hydrogen-bond acceptors (Lipinski definition) is 8. The fourth-order valence-corrected chi connectivity index (χ4v) is 5.19. The van der Waals surface area contributed by atoms with Gasteiger partial charge in [0.05, 0.1) is 17.3 Å². The zero-order valence-corrected chi connectivity index (χ0v) is 21.5. The average molecular weight is 503 g/mol. The van der Waals surface area contributed by atoms with Gasteiger partial charge >= 0.3 is 0 Å². The maximum absolute atomic E-state index is 9.03. The molecular formula is C30H30N8. The number of nitrogens with two attached hydrogens (primary N) is 1. The molecule has 0 amide bonds. The van der Waals surface area contributed by atoms with Crippen LogP contribution in [0.2, 0.25) is 0 Å². The van der Waals surface area contributed by atoms with E-state index in [-0.39, 0.29) is 0 Å². The number of aromatic nitrogens is 3. The summed E-state index contributed by atoms with van der Waals surface area (Å²) >= 11 is 0. The number of hydrogen-bond donors (Lipinski definition) is 1. The molecule has 0 unspecified atom stereocenters. The van der Waals surface area contributed by atoms with E-state index in [0.29, 0.717) is 11.5 Å². The number of pyridine rings is 1. The molecule has 4 aromatic rings. The van der Waals surface area contributed by atoms with E-state index in [1.54, 1.807) is 0 Å². The molecule has 2 aliphatic rings. The van der Waals surface area contributed by atoms with Crippen LogP contribution in [-0.2, 0) is 13.0 Å². The number of anilines is 3. The fraction of sp³-hybridized carbons (Fsp3) is 0.267. The third-order valence-corrected chi connectivity index (χ3v) is 7.49. The van der Waals surface area contributed by atoms with Gasteiger partial charge in [0.2, 0.25) is 5.95 Å². The van der Waals surface area contributed by atoms with E-state index in [9.17, 15) is 0 Å². The van der Waals surface area contributed by atoms with Crippen molar-refractivity contribution < 1.29 is 0 Å². The average Bonchev–Trinajstić information content (AvgIpc) is 2.97. The van der Waals surface area contributed by atoms with Crippen molar-refractivity contribution in [3.8, 4) is 28.5 Å². The van der Waals surface area contributed by atoms with E-state index >= 15 is 0 Å². The minimum Gasteiger partial charge on any atom is -0.368 e. The molecular weight excluding hydrogens is 472 g/mol. The third-order valence-electron chi connectivity index (χ3n) is 7.49. The van der Waals surface area contributed by atoms with Crippen LogP contribution in [0.5, 0.6) is 0 Å². The van der Waals surface area contributed by atoms with Crippen molar-refractivity contribution in [2.45, 2.75) is 13.0 Å². The molecule has 0 spiro atoms. The second-order valence-corrected chi connectivity index (χ2v) is 10.0. The van der Waals surface area contributed by atoms with E-state index in [1.165, 1.54) is 11.1 Å². The zero-order valence-electron chi connectivity index (χ0n) is 21.5. The monoisotopic (exact) mass is 502 g/mol. The highest BCUT2D eigenvalue weighted by Gasteiger charge is 2.20. The maximum Gasteiger partial charge on any atom is 0.222 e. The summed E-state index contributed by atoms with van der Waals surface area (Å²) in [5.41, 5.74) is 13.4. The predicted molar refractivity (Wildman–Crippen MR) is 151 cm³/mol. The van der Waals surface area contributed by atoms with Gasteiger partial charge in [-0.15, -0.1) is 0 Å². The van der Waals surface area contributed by atoms with Gasteiger partial charge in [-0.1, -0.05) is 24.3 Å². The largest absolute Gasteiger partial charge is 0.368 e. The minimum atomic E-state index is 0.308. The molecule has 0 aliphatic carbocycles. The van der Waals surface area contributed by atoms with Crippen molar-refractivity contribution in [1.82, 2.24) is 19.9 Å². The first-order valence-corrected chi connectivity index (χ1v) is 13.0. The molecule has 1 saturated heterocycles. The molecule has 0 bridgehead atoms. The lowest BCUT2D eigenvalue weighted by atomic mass is 9.96. The molecule has 0 saturated carbocycles. The lowest BCUT2D eigenvalue weighted by molar-refractivity contribution is 0.312. The second-order valence-electron chi connectivity index (χ2n) is 10.0. The summed E-state index contributed by atoms with van der Waals surface area (Å²) in [5.74, 6) is 2.16. The number of likely N-dealkylation sites (N-methyl/N-ethyl adjacent to an activating group) is 1. The van der Waals surface area contributed by atoms with Crippen LogP contribution in [0.1, 0.15) is 16.7 Å². The Morgan fingerprint density at radius 2 is 1.53 bits per heavy atom. The minimum absolute atomic E-state index is 0.308. The van der Waals surface area contributed by atoms with Gasteiger partial charge in [0, 0.05) is 62.7 Å². The summed E-state index contributed by atoms with van der Waals surface area (Å²) in [7, 11) is 2.15. The number of nitrogen functional groups attached to an aromatic ring is 1. The van der Waals surface area contributed by atoms with E-state index in [4.69, 9.17) is 16.0 Å². The Kier molecular flexibility index (Phi) is 6.36. The van der Waals surface area contributed by atoms with Gasteiger partial charge in [0.15, 0.2) is 0 Å². The number of rotatable bonds is 4. The predicted octanol–water partition coefficient (Wildman–Crippen LogP) is 3.97. The highest BCUT2D eigenvalue weighted by atomic mass is 15.3. The lowest BCUT2D eigenvalue weighted by Crippen LogP contribution is -2.44. The van der Waals surface area contributed by atoms with E-state index < -0.39 is 0 Å². The summed E-state index contributed by atoms with van der Waals surface area (Å²) in [6, 6.07) is 22.6. The number of piperazine rings is 1. The SMILES string of the molecule is CN1CCN(c2cc(-c3ccc4c(c3)CN(c3ccc(-c5ccc(C#N)cc5)cn3)CC4)nc(N)n2)CC1. The Morgan fingerprint density at radius 3 is 2.26 bits per heavy atom. The van der Waals surface area contributed by atoms with Crippen LogP contribution in [-0.4, -0.2) is 59.6 Å². The van der Waals surface area contributed by atoms with Crippen molar-refractivity contribution in [2.24, 2.45) is 0 Å².